The number of benzene rings is 1. The van der Waals surface area contributed by atoms with Crippen LogP contribution in [0.1, 0.15) is 10.4 Å². The van der Waals surface area contributed by atoms with Gasteiger partial charge in [0.05, 0.1) is 11.8 Å². The summed E-state index contributed by atoms with van der Waals surface area (Å²) < 4.78 is 5.56. The number of rotatable bonds is 1. The lowest BCUT2D eigenvalue weighted by Crippen LogP contribution is -2.36. The highest BCUT2D eigenvalue weighted by Crippen LogP contribution is 2.16. The monoisotopic (exact) mass is 226 g/mol. The molecule has 1 aliphatic heterocycles. The molecule has 1 N–H and O–H groups in total. The van der Waals surface area contributed by atoms with E-state index in [-0.39, 0.29) is 6.10 Å². The smallest absolute Gasteiger partial charge is 0.335 e. The zero-order valence-corrected chi connectivity index (χ0v) is 8.96. The molecule has 1 aromatic rings. The van der Waals surface area contributed by atoms with Crippen LogP contribution in [-0.2, 0) is 4.74 Å². The van der Waals surface area contributed by atoms with Crippen molar-refractivity contribution in [3.8, 4) is 0 Å². The third-order valence-electron chi connectivity index (χ3n) is 2.93. The summed E-state index contributed by atoms with van der Waals surface area (Å²) in [6.45, 7) is 0. The van der Waals surface area contributed by atoms with Gasteiger partial charge >= 0.3 is 5.97 Å². The summed E-state index contributed by atoms with van der Waals surface area (Å²) >= 11 is 0. The molecule has 0 bridgehead atoms. The quantitative estimate of drug-likeness (QED) is 0.770. The number of allylic oxidation sites excluding steroid dienone is 2. The van der Waals surface area contributed by atoms with E-state index in [1.807, 2.05) is 24.3 Å². The van der Waals surface area contributed by atoms with Crippen molar-refractivity contribution >= 4 is 17.8 Å². The van der Waals surface area contributed by atoms with Crippen LogP contribution in [0, 0.1) is 0 Å². The summed E-state index contributed by atoms with van der Waals surface area (Å²) in [6.07, 6.45) is 9.34. The van der Waals surface area contributed by atoms with Gasteiger partial charge in [-0.15, -0.1) is 0 Å². The summed E-state index contributed by atoms with van der Waals surface area (Å²) in [5, 5.41) is 10.8. The van der Waals surface area contributed by atoms with Crippen molar-refractivity contribution in [2.75, 3.05) is 0 Å². The van der Waals surface area contributed by atoms with Crippen molar-refractivity contribution in [3.63, 3.8) is 0 Å². The molecular formula is C14H10O3. The van der Waals surface area contributed by atoms with E-state index in [0.717, 1.165) is 16.0 Å². The molecule has 3 nitrogen and oxygen atoms in total. The standard InChI is InChI=1S/C14H10O3/c15-14(16)9-5-6-10-8-17-13-4-2-1-3-11(13)12(10)7-9/h1-8,13H,(H,15,16). The van der Waals surface area contributed by atoms with E-state index >= 15 is 0 Å². The Bertz CT molecular complexity index is 665. The lowest BCUT2D eigenvalue weighted by molar-refractivity contribution is 0.0696. The number of carboxylic acid groups (broad SMARTS) is 1. The number of hydrogen-bond acceptors (Lipinski definition) is 2. The molecule has 1 aliphatic carbocycles. The molecule has 3 rings (SSSR count). The second-order valence-electron chi connectivity index (χ2n) is 3.98. The van der Waals surface area contributed by atoms with Crippen LogP contribution in [0.25, 0.3) is 11.8 Å². The molecule has 0 saturated heterocycles. The first-order valence-corrected chi connectivity index (χ1v) is 5.34. The molecule has 0 saturated carbocycles. The molecule has 1 aromatic carbocycles. The fourth-order valence-corrected chi connectivity index (χ4v) is 2.07. The average Bonchev–Trinajstić information content (AvgIpc) is 2.38. The number of carboxylic acids is 1. The van der Waals surface area contributed by atoms with Gasteiger partial charge in [-0.25, -0.2) is 4.79 Å². The number of hydrogen-bond donors (Lipinski definition) is 1. The zero-order valence-electron chi connectivity index (χ0n) is 8.96. The number of carbonyl (C=O) groups is 1. The van der Waals surface area contributed by atoms with Crippen LogP contribution in [0.3, 0.4) is 0 Å². The molecule has 1 unspecified atom stereocenters. The molecule has 0 aromatic heterocycles. The summed E-state index contributed by atoms with van der Waals surface area (Å²) in [5.74, 6) is -0.910. The second-order valence-corrected chi connectivity index (χ2v) is 3.98. The number of fused-ring (bicyclic) bond motifs is 2. The Morgan fingerprint density at radius 3 is 3.00 bits per heavy atom. The van der Waals surface area contributed by atoms with Gasteiger partial charge in [0.25, 0.3) is 0 Å². The Morgan fingerprint density at radius 2 is 2.18 bits per heavy atom. The number of aromatic carboxylic acids is 1. The van der Waals surface area contributed by atoms with Crippen LogP contribution >= 0.6 is 0 Å². The first-order valence-electron chi connectivity index (χ1n) is 5.34. The van der Waals surface area contributed by atoms with E-state index in [1.54, 1.807) is 24.5 Å². The molecule has 0 fully saturated rings. The fraction of sp³-hybridized carbons (Fsp3) is 0.0714. The average molecular weight is 226 g/mol. The van der Waals surface area contributed by atoms with Gasteiger partial charge in [-0.2, -0.15) is 0 Å². The minimum Gasteiger partial charge on any atom is -0.489 e. The van der Waals surface area contributed by atoms with E-state index in [0.29, 0.717) is 5.56 Å². The molecule has 2 aliphatic rings. The van der Waals surface area contributed by atoms with E-state index in [2.05, 4.69) is 0 Å². The summed E-state index contributed by atoms with van der Waals surface area (Å²) in [7, 11) is 0. The lowest BCUT2D eigenvalue weighted by Gasteiger charge is -2.20. The van der Waals surface area contributed by atoms with Gasteiger partial charge in [0.2, 0.25) is 0 Å². The van der Waals surface area contributed by atoms with Gasteiger partial charge in [0, 0.05) is 10.8 Å². The molecule has 3 heteroatoms. The topological polar surface area (TPSA) is 46.5 Å². The highest BCUT2D eigenvalue weighted by Gasteiger charge is 2.16. The fourth-order valence-electron chi connectivity index (χ4n) is 2.07. The van der Waals surface area contributed by atoms with E-state index in [4.69, 9.17) is 9.84 Å². The second kappa shape index (κ2) is 3.63. The third kappa shape index (κ3) is 1.56. The summed E-state index contributed by atoms with van der Waals surface area (Å²) in [4.78, 5) is 11.0. The van der Waals surface area contributed by atoms with Gasteiger partial charge in [-0.1, -0.05) is 24.3 Å². The summed E-state index contributed by atoms with van der Waals surface area (Å²) in [5.41, 5.74) is 1.31. The van der Waals surface area contributed by atoms with Crippen molar-refractivity contribution < 1.29 is 14.6 Å². The van der Waals surface area contributed by atoms with Crippen molar-refractivity contribution in [3.05, 3.63) is 58.5 Å². The molecular weight excluding hydrogens is 216 g/mol. The normalized spacial score (nSPS) is 20.0. The van der Waals surface area contributed by atoms with Gasteiger partial charge in [-0.3, -0.25) is 0 Å². The van der Waals surface area contributed by atoms with Crippen molar-refractivity contribution in [2.45, 2.75) is 6.10 Å². The largest absolute Gasteiger partial charge is 0.489 e. The summed E-state index contributed by atoms with van der Waals surface area (Å²) in [6, 6.07) is 5.06. The first kappa shape index (κ1) is 9.90. The first-order chi connectivity index (χ1) is 8.25. The number of ether oxygens (including phenoxy) is 1. The van der Waals surface area contributed by atoms with Crippen LogP contribution in [-0.4, -0.2) is 17.2 Å². The highest BCUT2D eigenvalue weighted by molar-refractivity contribution is 5.88. The van der Waals surface area contributed by atoms with Crippen molar-refractivity contribution in [2.24, 2.45) is 0 Å². The van der Waals surface area contributed by atoms with Crippen LogP contribution in [0.4, 0.5) is 0 Å². The maximum atomic E-state index is 11.0. The Kier molecular flexibility index (Phi) is 2.11. The van der Waals surface area contributed by atoms with Gasteiger partial charge in [0.1, 0.15) is 6.10 Å². The van der Waals surface area contributed by atoms with Gasteiger partial charge < -0.3 is 9.84 Å². The van der Waals surface area contributed by atoms with Crippen LogP contribution in [0.5, 0.6) is 0 Å². The van der Waals surface area contributed by atoms with Gasteiger partial charge in [0.15, 0.2) is 0 Å². The maximum Gasteiger partial charge on any atom is 0.335 e. The van der Waals surface area contributed by atoms with E-state index in [9.17, 15) is 4.79 Å². The Balaban J connectivity index is 2.33. The maximum absolute atomic E-state index is 11.0. The molecule has 0 spiro atoms. The molecule has 0 amide bonds. The van der Waals surface area contributed by atoms with Crippen LogP contribution in [0.2, 0.25) is 0 Å². The SMILES string of the molecule is O=C(O)c1ccc2c(c1)=C1C=CC=CC1OC=2. The minimum absolute atomic E-state index is 0.100. The van der Waals surface area contributed by atoms with Gasteiger partial charge in [-0.05, 0) is 23.4 Å². The molecule has 17 heavy (non-hydrogen) atoms. The molecule has 1 heterocycles. The third-order valence-corrected chi connectivity index (χ3v) is 2.93. The predicted octanol–water partition coefficient (Wildman–Crippen LogP) is 0.798. The lowest BCUT2D eigenvalue weighted by atomic mass is 9.98. The van der Waals surface area contributed by atoms with E-state index < -0.39 is 5.97 Å². The predicted molar refractivity (Wildman–Crippen MR) is 63.7 cm³/mol. The van der Waals surface area contributed by atoms with Crippen molar-refractivity contribution in [1.29, 1.82) is 0 Å². The Morgan fingerprint density at radius 1 is 1.29 bits per heavy atom. The van der Waals surface area contributed by atoms with Crippen LogP contribution < -0.4 is 10.4 Å². The van der Waals surface area contributed by atoms with Crippen LogP contribution in [0.15, 0.2) is 42.5 Å². The van der Waals surface area contributed by atoms with Crippen molar-refractivity contribution in [1.82, 2.24) is 0 Å². The molecule has 84 valence electrons. The Labute approximate surface area is 97.7 Å². The zero-order chi connectivity index (χ0) is 11.8. The van der Waals surface area contributed by atoms with E-state index in [1.165, 1.54) is 0 Å². The Hall–Kier alpha value is -2.29. The highest BCUT2D eigenvalue weighted by atomic mass is 16.5. The minimum atomic E-state index is -0.910. The molecule has 0 radical (unpaired) electrons. The molecule has 1 atom stereocenters.